The van der Waals surface area contributed by atoms with Crippen LogP contribution in [0.2, 0.25) is 0 Å². The first-order valence-corrected chi connectivity index (χ1v) is 7.12. The molecular weight excluding hydrogens is 298 g/mol. The average Bonchev–Trinajstić information content (AvgIpc) is 2.44. The Morgan fingerprint density at radius 2 is 2.05 bits per heavy atom. The van der Waals surface area contributed by atoms with Crippen molar-refractivity contribution in [3.63, 3.8) is 0 Å². The van der Waals surface area contributed by atoms with E-state index in [0.29, 0.717) is 5.56 Å². The SMILES string of the molecule is CSc1c(C(=O)O)nc(-c2ccc(C)c(F)c2)c(F)c1N. The molecule has 3 N–H and O–H groups in total. The summed E-state index contributed by atoms with van der Waals surface area (Å²) < 4.78 is 27.9. The lowest BCUT2D eigenvalue weighted by molar-refractivity contribution is 0.0686. The molecule has 2 aromatic rings. The summed E-state index contributed by atoms with van der Waals surface area (Å²) in [4.78, 5) is 15.1. The van der Waals surface area contributed by atoms with Gasteiger partial charge >= 0.3 is 5.97 Å². The van der Waals surface area contributed by atoms with Crippen molar-refractivity contribution < 1.29 is 18.7 Å². The smallest absolute Gasteiger partial charge is 0.355 e. The van der Waals surface area contributed by atoms with Gasteiger partial charge in [-0.3, -0.25) is 0 Å². The maximum absolute atomic E-state index is 14.3. The molecule has 0 aliphatic carbocycles. The minimum Gasteiger partial charge on any atom is -0.476 e. The van der Waals surface area contributed by atoms with Crippen molar-refractivity contribution >= 4 is 23.4 Å². The number of rotatable bonds is 3. The second-order valence-corrected chi connectivity index (χ2v) is 5.16. The van der Waals surface area contributed by atoms with Crippen LogP contribution in [0.15, 0.2) is 23.1 Å². The van der Waals surface area contributed by atoms with Crippen LogP contribution >= 0.6 is 11.8 Å². The van der Waals surface area contributed by atoms with E-state index in [9.17, 15) is 13.6 Å². The third-order valence-corrected chi connectivity index (χ3v) is 3.80. The molecule has 21 heavy (non-hydrogen) atoms. The molecule has 1 aromatic carbocycles. The van der Waals surface area contributed by atoms with Gasteiger partial charge in [-0.05, 0) is 24.8 Å². The Kier molecular flexibility index (Phi) is 4.13. The third kappa shape index (κ3) is 2.69. The van der Waals surface area contributed by atoms with Crippen molar-refractivity contribution in [1.82, 2.24) is 4.98 Å². The van der Waals surface area contributed by atoms with Gasteiger partial charge in [-0.2, -0.15) is 0 Å². The topological polar surface area (TPSA) is 76.2 Å². The quantitative estimate of drug-likeness (QED) is 0.850. The summed E-state index contributed by atoms with van der Waals surface area (Å²) in [6, 6.07) is 4.03. The number of benzene rings is 1. The number of anilines is 1. The van der Waals surface area contributed by atoms with Gasteiger partial charge in [0.25, 0.3) is 0 Å². The first-order valence-electron chi connectivity index (χ1n) is 5.89. The summed E-state index contributed by atoms with van der Waals surface area (Å²) in [6.07, 6.45) is 1.57. The summed E-state index contributed by atoms with van der Waals surface area (Å²) >= 11 is 0.992. The Bertz CT molecular complexity index is 735. The number of nitrogens with two attached hydrogens (primary N) is 1. The molecule has 1 heterocycles. The van der Waals surface area contributed by atoms with Gasteiger partial charge in [-0.15, -0.1) is 11.8 Å². The van der Waals surface area contributed by atoms with E-state index in [1.807, 2.05) is 0 Å². The summed E-state index contributed by atoms with van der Waals surface area (Å²) in [5.41, 5.74) is 5.25. The van der Waals surface area contributed by atoms with Crippen LogP contribution in [0.25, 0.3) is 11.3 Å². The zero-order chi connectivity index (χ0) is 15.7. The first-order chi connectivity index (χ1) is 9.86. The molecule has 0 fully saturated rings. The number of aromatic nitrogens is 1. The molecule has 4 nitrogen and oxygen atoms in total. The van der Waals surface area contributed by atoms with E-state index < -0.39 is 17.6 Å². The molecule has 0 atom stereocenters. The molecule has 0 unspecified atom stereocenters. The van der Waals surface area contributed by atoms with Gasteiger partial charge in [0.2, 0.25) is 0 Å². The molecule has 7 heteroatoms. The Hall–Kier alpha value is -2.15. The van der Waals surface area contributed by atoms with Crippen LogP contribution in [0.1, 0.15) is 16.1 Å². The highest BCUT2D eigenvalue weighted by molar-refractivity contribution is 7.98. The lowest BCUT2D eigenvalue weighted by Gasteiger charge is -2.12. The number of pyridine rings is 1. The van der Waals surface area contributed by atoms with Gasteiger partial charge in [0, 0.05) is 5.56 Å². The molecular formula is C14H12F2N2O2S. The van der Waals surface area contributed by atoms with Crippen molar-refractivity contribution in [2.45, 2.75) is 11.8 Å². The van der Waals surface area contributed by atoms with Gasteiger partial charge < -0.3 is 10.8 Å². The Balaban J connectivity index is 2.74. The van der Waals surface area contributed by atoms with E-state index in [1.165, 1.54) is 12.1 Å². The minimum atomic E-state index is -1.32. The lowest BCUT2D eigenvalue weighted by atomic mass is 10.1. The number of carboxylic acids is 1. The molecule has 0 saturated carbocycles. The summed E-state index contributed by atoms with van der Waals surface area (Å²) in [6.45, 7) is 1.57. The average molecular weight is 310 g/mol. The third-order valence-electron chi connectivity index (χ3n) is 2.98. The largest absolute Gasteiger partial charge is 0.476 e. The van der Waals surface area contributed by atoms with E-state index >= 15 is 0 Å². The molecule has 0 aliphatic heterocycles. The zero-order valence-corrected chi connectivity index (χ0v) is 12.1. The van der Waals surface area contributed by atoms with Crippen molar-refractivity contribution in [3.8, 4) is 11.3 Å². The van der Waals surface area contributed by atoms with Crippen molar-refractivity contribution in [2.75, 3.05) is 12.0 Å². The number of hydrogen-bond acceptors (Lipinski definition) is 4. The maximum atomic E-state index is 14.3. The molecule has 0 aliphatic rings. The number of aryl methyl sites for hydroxylation is 1. The molecule has 1 aromatic heterocycles. The van der Waals surface area contributed by atoms with Crippen LogP contribution in [0.4, 0.5) is 14.5 Å². The van der Waals surface area contributed by atoms with Crippen LogP contribution in [0.3, 0.4) is 0 Å². The molecule has 0 amide bonds. The van der Waals surface area contributed by atoms with Crippen LogP contribution in [0, 0.1) is 18.6 Å². The maximum Gasteiger partial charge on any atom is 0.355 e. The highest BCUT2D eigenvalue weighted by atomic mass is 32.2. The number of carbonyl (C=O) groups is 1. The number of hydrogen-bond donors (Lipinski definition) is 2. The number of aromatic carboxylic acids is 1. The fourth-order valence-electron chi connectivity index (χ4n) is 1.85. The van der Waals surface area contributed by atoms with Crippen LogP contribution < -0.4 is 5.73 Å². The number of halogens is 2. The Morgan fingerprint density at radius 1 is 1.38 bits per heavy atom. The fourth-order valence-corrected chi connectivity index (χ4v) is 2.49. The molecule has 0 bridgehead atoms. The number of thioether (sulfide) groups is 1. The monoisotopic (exact) mass is 310 g/mol. The van der Waals surface area contributed by atoms with E-state index in [4.69, 9.17) is 10.8 Å². The molecule has 0 saturated heterocycles. The van der Waals surface area contributed by atoms with Crippen molar-refractivity contribution in [3.05, 3.63) is 41.1 Å². The summed E-state index contributed by atoms with van der Waals surface area (Å²) in [7, 11) is 0. The Labute approximate surface area is 124 Å². The van der Waals surface area contributed by atoms with Crippen molar-refractivity contribution in [1.29, 1.82) is 0 Å². The number of carboxylic acid groups (broad SMARTS) is 1. The summed E-state index contributed by atoms with van der Waals surface area (Å²) in [5, 5.41) is 9.15. The standard InChI is InChI=1S/C14H12F2N2O2S/c1-6-3-4-7(5-8(6)15)11-9(16)10(17)13(21-2)12(18-11)14(19)20/h3-5H,1-2H3,(H2,17,18)(H,19,20). The number of nitrogens with zero attached hydrogens (tertiary/aromatic N) is 1. The predicted octanol–water partition coefficient (Wildman–Crippen LogP) is 3.34. The van der Waals surface area contributed by atoms with Gasteiger partial charge in [-0.25, -0.2) is 18.6 Å². The number of nitrogen functional groups attached to an aromatic ring is 1. The lowest BCUT2D eigenvalue weighted by Crippen LogP contribution is -2.09. The Morgan fingerprint density at radius 3 is 2.57 bits per heavy atom. The van der Waals surface area contributed by atoms with Crippen LogP contribution in [0.5, 0.6) is 0 Å². The normalized spacial score (nSPS) is 10.7. The van der Waals surface area contributed by atoms with E-state index in [2.05, 4.69) is 4.98 Å². The zero-order valence-electron chi connectivity index (χ0n) is 11.3. The first kappa shape index (κ1) is 15.2. The minimum absolute atomic E-state index is 0.0522. The predicted molar refractivity (Wildman–Crippen MR) is 77.5 cm³/mol. The second kappa shape index (κ2) is 5.69. The molecule has 2 rings (SSSR count). The van der Waals surface area contributed by atoms with Gasteiger partial charge in [0.15, 0.2) is 11.5 Å². The molecule has 0 radical (unpaired) electrons. The molecule has 0 spiro atoms. The van der Waals surface area contributed by atoms with E-state index in [0.717, 1.165) is 17.8 Å². The van der Waals surface area contributed by atoms with E-state index in [1.54, 1.807) is 13.2 Å². The second-order valence-electron chi connectivity index (χ2n) is 4.34. The highest BCUT2D eigenvalue weighted by Crippen LogP contribution is 2.34. The van der Waals surface area contributed by atoms with Crippen LogP contribution in [-0.4, -0.2) is 22.3 Å². The highest BCUT2D eigenvalue weighted by Gasteiger charge is 2.22. The fraction of sp³-hybridized carbons (Fsp3) is 0.143. The van der Waals surface area contributed by atoms with Crippen molar-refractivity contribution in [2.24, 2.45) is 0 Å². The van der Waals surface area contributed by atoms with Gasteiger partial charge in [-0.1, -0.05) is 12.1 Å². The van der Waals surface area contributed by atoms with Gasteiger partial charge in [0.1, 0.15) is 11.5 Å². The molecule has 110 valence electrons. The summed E-state index contributed by atoms with van der Waals surface area (Å²) in [5.74, 6) is -2.70. The van der Waals surface area contributed by atoms with Gasteiger partial charge in [0.05, 0.1) is 10.6 Å². The van der Waals surface area contributed by atoms with Crippen LogP contribution in [-0.2, 0) is 0 Å². The van der Waals surface area contributed by atoms with E-state index in [-0.39, 0.29) is 27.5 Å².